The van der Waals surface area contributed by atoms with Crippen LogP contribution in [0.3, 0.4) is 0 Å². The van der Waals surface area contributed by atoms with Gasteiger partial charge < -0.3 is 15.2 Å². The molecule has 0 heterocycles. The number of aliphatic hydroxyl groups excluding tert-OH is 1. The second-order valence-electron chi connectivity index (χ2n) is 4.30. The van der Waals surface area contributed by atoms with E-state index in [1.807, 2.05) is 12.1 Å². The number of methoxy groups -OCH3 is 1. The van der Waals surface area contributed by atoms with Crippen molar-refractivity contribution < 1.29 is 9.84 Å². The zero-order valence-electron chi connectivity index (χ0n) is 10.6. The zero-order valence-corrected chi connectivity index (χ0v) is 10.6. The van der Waals surface area contributed by atoms with E-state index in [1.54, 1.807) is 7.11 Å². The number of hydrogen-bond donors (Lipinski definition) is 2. The Labute approximate surface area is 107 Å². The molecule has 3 nitrogen and oxygen atoms in total. The fourth-order valence-corrected chi connectivity index (χ4v) is 1.95. The van der Waals surface area contributed by atoms with Gasteiger partial charge >= 0.3 is 0 Å². The van der Waals surface area contributed by atoms with Gasteiger partial charge in [0.1, 0.15) is 5.75 Å². The summed E-state index contributed by atoms with van der Waals surface area (Å²) >= 11 is 0. The Balaban J connectivity index is 2.08. The minimum Gasteiger partial charge on any atom is -0.497 e. The summed E-state index contributed by atoms with van der Waals surface area (Å²) in [6, 6.07) is 12.5. The standard InChI is InChI=1S/C15H19NO2/c1-18-15-6-5-13-9-12(3-4-14(13)10-15)11-16-7-2-8-17/h3-6,9-10,16-17H,2,7-8,11H2,1H3. The van der Waals surface area contributed by atoms with Gasteiger partial charge in [0, 0.05) is 13.2 Å². The van der Waals surface area contributed by atoms with Gasteiger partial charge in [-0.2, -0.15) is 0 Å². The number of fused-ring (bicyclic) bond motifs is 1. The summed E-state index contributed by atoms with van der Waals surface area (Å²) in [5.74, 6) is 0.885. The lowest BCUT2D eigenvalue weighted by Gasteiger charge is -2.07. The van der Waals surface area contributed by atoms with E-state index in [1.165, 1.54) is 16.3 Å². The minimum atomic E-state index is 0.241. The quantitative estimate of drug-likeness (QED) is 0.767. The van der Waals surface area contributed by atoms with E-state index in [-0.39, 0.29) is 6.61 Å². The number of aliphatic hydroxyl groups is 1. The van der Waals surface area contributed by atoms with Crippen molar-refractivity contribution in [2.24, 2.45) is 0 Å². The summed E-state index contributed by atoms with van der Waals surface area (Å²) in [5.41, 5.74) is 1.26. The van der Waals surface area contributed by atoms with Gasteiger partial charge in [-0.15, -0.1) is 0 Å². The molecule has 0 spiro atoms. The molecule has 0 aromatic heterocycles. The highest BCUT2D eigenvalue weighted by molar-refractivity contribution is 5.84. The third-order valence-electron chi connectivity index (χ3n) is 2.95. The number of nitrogens with one attached hydrogen (secondary N) is 1. The van der Waals surface area contributed by atoms with E-state index < -0.39 is 0 Å². The topological polar surface area (TPSA) is 41.5 Å². The molecule has 0 aliphatic heterocycles. The summed E-state index contributed by atoms with van der Waals surface area (Å²) < 4.78 is 5.21. The van der Waals surface area contributed by atoms with E-state index in [2.05, 4.69) is 29.6 Å². The number of benzene rings is 2. The Bertz CT molecular complexity index is 511. The summed E-state index contributed by atoms with van der Waals surface area (Å²) in [7, 11) is 1.68. The highest BCUT2D eigenvalue weighted by Crippen LogP contribution is 2.21. The minimum absolute atomic E-state index is 0.241. The van der Waals surface area contributed by atoms with Crippen molar-refractivity contribution in [3.8, 4) is 5.75 Å². The highest BCUT2D eigenvalue weighted by atomic mass is 16.5. The maximum atomic E-state index is 8.70. The molecule has 2 aromatic rings. The molecule has 2 N–H and O–H groups in total. The lowest BCUT2D eigenvalue weighted by Crippen LogP contribution is -2.15. The van der Waals surface area contributed by atoms with Gasteiger partial charge in [0.05, 0.1) is 7.11 Å². The summed E-state index contributed by atoms with van der Waals surface area (Å²) in [6.45, 7) is 1.92. The Morgan fingerprint density at radius 1 is 1.11 bits per heavy atom. The Morgan fingerprint density at radius 2 is 1.89 bits per heavy atom. The lowest BCUT2D eigenvalue weighted by atomic mass is 10.1. The first-order chi connectivity index (χ1) is 8.83. The van der Waals surface area contributed by atoms with Gasteiger partial charge in [-0.3, -0.25) is 0 Å². The first-order valence-corrected chi connectivity index (χ1v) is 6.22. The van der Waals surface area contributed by atoms with Crippen molar-refractivity contribution in [1.29, 1.82) is 0 Å². The molecule has 0 aliphatic carbocycles. The predicted octanol–water partition coefficient (Wildman–Crippen LogP) is 2.32. The molecule has 0 bridgehead atoms. The van der Waals surface area contributed by atoms with Crippen LogP contribution >= 0.6 is 0 Å². The number of hydrogen-bond acceptors (Lipinski definition) is 3. The first kappa shape index (κ1) is 12.9. The fraction of sp³-hybridized carbons (Fsp3) is 0.333. The van der Waals surface area contributed by atoms with Crippen molar-refractivity contribution >= 4 is 10.8 Å². The van der Waals surface area contributed by atoms with E-state index in [4.69, 9.17) is 9.84 Å². The van der Waals surface area contributed by atoms with Gasteiger partial charge in [0.25, 0.3) is 0 Å². The van der Waals surface area contributed by atoms with Crippen molar-refractivity contribution in [2.75, 3.05) is 20.3 Å². The monoisotopic (exact) mass is 245 g/mol. The molecular formula is C15H19NO2. The molecule has 0 radical (unpaired) electrons. The maximum Gasteiger partial charge on any atom is 0.119 e. The smallest absolute Gasteiger partial charge is 0.119 e. The SMILES string of the molecule is COc1ccc2cc(CNCCCO)ccc2c1. The third kappa shape index (κ3) is 3.22. The normalized spacial score (nSPS) is 10.8. The predicted molar refractivity (Wildman–Crippen MR) is 73.9 cm³/mol. The molecule has 0 fully saturated rings. The Hall–Kier alpha value is -1.58. The molecule has 0 saturated carbocycles. The fourth-order valence-electron chi connectivity index (χ4n) is 1.95. The zero-order chi connectivity index (χ0) is 12.8. The molecule has 0 atom stereocenters. The number of ether oxygens (including phenoxy) is 1. The second kappa shape index (κ2) is 6.38. The summed E-state index contributed by atoms with van der Waals surface area (Å²) in [5, 5.41) is 14.4. The van der Waals surface area contributed by atoms with Crippen molar-refractivity contribution in [2.45, 2.75) is 13.0 Å². The van der Waals surface area contributed by atoms with Crippen LogP contribution in [-0.2, 0) is 6.54 Å². The van der Waals surface area contributed by atoms with Crippen molar-refractivity contribution in [3.63, 3.8) is 0 Å². The maximum absolute atomic E-state index is 8.70. The second-order valence-corrected chi connectivity index (χ2v) is 4.30. The molecule has 18 heavy (non-hydrogen) atoms. The van der Waals surface area contributed by atoms with Crippen LogP contribution in [0.4, 0.5) is 0 Å². The van der Waals surface area contributed by atoms with Crippen molar-refractivity contribution in [3.05, 3.63) is 42.0 Å². The Morgan fingerprint density at radius 3 is 2.67 bits per heavy atom. The van der Waals surface area contributed by atoms with Crippen LogP contribution in [-0.4, -0.2) is 25.4 Å². The van der Waals surface area contributed by atoms with Crippen LogP contribution in [0.2, 0.25) is 0 Å². The average Bonchev–Trinajstić information content (AvgIpc) is 2.43. The van der Waals surface area contributed by atoms with Gasteiger partial charge in [-0.1, -0.05) is 18.2 Å². The molecule has 0 saturated heterocycles. The molecule has 0 aliphatic rings. The van der Waals surface area contributed by atoms with Gasteiger partial charge in [0.15, 0.2) is 0 Å². The van der Waals surface area contributed by atoms with Gasteiger partial charge in [0.2, 0.25) is 0 Å². The first-order valence-electron chi connectivity index (χ1n) is 6.22. The van der Waals surface area contributed by atoms with Crippen LogP contribution in [0.15, 0.2) is 36.4 Å². The summed E-state index contributed by atoms with van der Waals surface area (Å²) in [6.07, 6.45) is 0.796. The van der Waals surface area contributed by atoms with Gasteiger partial charge in [-0.05, 0) is 47.5 Å². The largest absolute Gasteiger partial charge is 0.497 e. The lowest BCUT2D eigenvalue weighted by molar-refractivity contribution is 0.286. The van der Waals surface area contributed by atoms with E-state index in [9.17, 15) is 0 Å². The van der Waals surface area contributed by atoms with Crippen LogP contribution in [0.1, 0.15) is 12.0 Å². The van der Waals surface area contributed by atoms with Gasteiger partial charge in [-0.25, -0.2) is 0 Å². The van der Waals surface area contributed by atoms with E-state index >= 15 is 0 Å². The Kier molecular flexibility index (Phi) is 4.56. The van der Waals surface area contributed by atoms with E-state index in [0.29, 0.717) is 0 Å². The molecule has 96 valence electrons. The molecular weight excluding hydrogens is 226 g/mol. The molecule has 0 unspecified atom stereocenters. The highest BCUT2D eigenvalue weighted by Gasteiger charge is 1.98. The average molecular weight is 245 g/mol. The molecule has 0 amide bonds. The van der Waals surface area contributed by atoms with Crippen LogP contribution in [0, 0.1) is 0 Å². The van der Waals surface area contributed by atoms with Crippen LogP contribution in [0.5, 0.6) is 5.75 Å². The molecule has 3 heteroatoms. The molecule has 2 rings (SSSR count). The molecule has 2 aromatic carbocycles. The number of rotatable bonds is 6. The van der Waals surface area contributed by atoms with Crippen LogP contribution < -0.4 is 10.1 Å². The van der Waals surface area contributed by atoms with Crippen molar-refractivity contribution in [1.82, 2.24) is 5.32 Å². The van der Waals surface area contributed by atoms with Crippen LogP contribution in [0.25, 0.3) is 10.8 Å². The van der Waals surface area contributed by atoms with E-state index in [0.717, 1.165) is 25.3 Å². The summed E-state index contributed by atoms with van der Waals surface area (Å²) in [4.78, 5) is 0. The third-order valence-corrected chi connectivity index (χ3v) is 2.95.